The normalized spacial score (nSPS) is 15.9. The molecule has 1 N–H and O–H groups in total. The quantitative estimate of drug-likeness (QED) is 0.444. The summed E-state index contributed by atoms with van der Waals surface area (Å²) in [4.78, 5) is 30.3. The largest absolute Gasteiger partial charge is 0.464 e. The van der Waals surface area contributed by atoms with Crippen LogP contribution in [0.3, 0.4) is 0 Å². The first kappa shape index (κ1) is 19.6. The molecule has 1 aliphatic rings. The number of nitrogens with one attached hydrogen (secondary N) is 1. The van der Waals surface area contributed by atoms with E-state index in [9.17, 15) is 9.59 Å². The van der Waals surface area contributed by atoms with Crippen molar-refractivity contribution in [2.45, 2.75) is 12.8 Å². The van der Waals surface area contributed by atoms with Gasteiger partial charge in [0.25, 0.3) is 5.91 Å². The number of aromatic nitrogens is 1. The van der Waals surface area contributed by atoms with Gasteiger partial charge in [-0.2, -0.15) is 0 Å². The van der Waals surface area contributed by atoms with Gasteiger partial charge in [-0.05, 0) is 43.2 Å². The number of nitrogens with zero attached hydrogens (tertiary/aromatic N) is 1. The number of ether oxygens (including phenoxy) is 1. The number of hydrogen-bond acceptors (Lipinski definition) is 3. The van der Waals surface area contributed by atoms with Crippen LogP contribution in [0.4, 0.5) is 5.69 Å². The molecule has 0 atom stereocenters. The average Bonchev–Trinajstić information content (AvgIpc) is 3.08. The molecule has 0 aliphatic carbocycles. The Hall–Kier alpha value is -2.76. The van der Waals surface area contributed by atoms with E-state index in [4.69, 9.17) is 27.9 Å². The molecule has 4 rings (SSSR count). The number of esters is 1. The first-order valence-electron chi connectivity index (χ1n) is 9.16. The zero-order valence-corrected chi connectivity index (χ0v) is 17.2. The molecule has 1 aliphatic heterocycles. The maximum atomic E-state index is 13.2. The van der Waals surface area contributed by atoms with Gasteiger partial charge < -0.3 is 14.6 Å². The lowest BCUT2D eigenvalue weighted by Crippen LogP contribution is -2.36. The highest BCUT2D eigenvalue weighted by molar-refractivity contribution is 6.39. The van der Waals surface area contributed by atoms with Crippen LogP contribution in [-0.2, 0) is 9.53 Å². The number of H-pyrrole nitrogens is 1. The summed E-state index contributed by atoms with van der Waals surface area (Å²) in [5.74, 6) is -0.624. The zero-order valence-electron chi connectivity index (χ0n) is 15.7. The maximum Gasteiger partial charge on any atom is 0.355 e. The molecule has 0 spiro atoms. The lowest BCUT2D eigenvalue weighted by molar-refractivity contribution is -0.115. The third-order valence-electron chi connectivity index (χ3n) is 4.98. The van der Waals surface area contributed by atoms with Gasteiger partial charge in [-0.15, -0.1) is 0 Å². The topological polar surface area (TPSA) is 62.4 Å². The van der Waals surface area contributed by atoms with Gasteiger partial charge in [0.05, 0.1) is 12.1 Å². The van der Waals surface area contributed by atoms with Crippen molar-refractivity contribution in [3.05, 3.63) is 69.3 Å². The first-order chi connectivity index (χ1) is 14.0. The fourth-order valence-corrected chi connectivity index (χ4v) is 4.25. The molecule has 148 valence electrons. The number of fused-ring (bicyclic) bond motifs is 1. The first-order valence-corrected chi connectivity index (χ1v) is 9.91. The number of carbonyl (C=O) groups is 2. The maximum absolute atomic E-state index is 13.2. The fourth-order valence-electron chi connectivity index (χ4n) is 3.65. The van der Waals surface area contributed by atoms with Crippen LogP contribution in [0.2, 0.25) is 10.0 Å². The lowest BCUT2D eigenvalue weighted by Gasteiger charge is -2.28. The van der Waals surface area contributed by atoms with Crippen molar-refractivity contribution in [3.8, 4) is 0 Å². The van der Waals surface area contributed by atoms with Gasteiger partial charge in [-0.25, -0.2) is 4.79 Å². The Balaban J connectivity index is 1.84. The minimum atomic E-state index is -0.539. The minimum absolute atomic E-state index is 0.0855. The molecule has 0 radical (unpaired) electrons. The number of anilines is 1. The van der Waals surface area contributed by atoms with Crippen molar-refractivity contribution in [2.75, 3.05) is 18.6 Å². The van der Waals surface area contributed by atoms with Gasteiger partial charge in [0.1, 0.15) is 5.69 Å². The standard InChI is InChI=1S/C22H18Cl2N2O3/c1-29-22(28)20-16(19-17(24)11-14(23)12-18(19)25-20)10-13-6-5-9-26(21(13)27)15-7-3-2-4-8-15/h2-4,7-8,10-12,25H,5-6,9H2,1H3/b13-10+. The summed E-state index contributed by atoms with van der Waals surface area (Å²) in [6, 6.07) is 12.8. The number of amides is 1. The summed E-state index contributed by atoms with van der Waals surface area (Å²) < 4.78 is 4.91. The van der Waals surface area contributed by atoms with Crippen molar-refractivity contribution in [1.29, 1.82) is 0 Å². The SMILES string of the molecule is COC(=O)c1[nH]c2cc(Cl)cc(Cl)c2c1/C=C1\CCCN(c2ccccc2)C1=O. The van der Waals surface area contributed by atoms with E-state index in [2.05, 4.69) is 4.98 Å². The van der Waals surface area contributed by atoms with E-state index in [0.29, 0.717) is 45.1 Å². The molecule has 1 amide bonds. The Morgan fingerprint density at radius 3 is 2.69 bits per heavy atom. The molecule has 2 heterocycles. The second-order valence-corrected chi connectivity index (χ2v) is 7.62. The summed E-state index contributed by atoms with van der Waals surface area (Å²) in [5.41, 5.74) is 2.84. The van der Waals surface area contributed by atoms with E-state index in [1.165, 1.54) is 7.11 Å². The molecule has 1 saturated heterocycles. The Kier molecular flexibility index (Phi) is 5.35. The van der Waals surface area contributed by atoms with Crippen molar-refractivity contribution in [1.82, 2.24) is 4.98 Å². The predicted molar refractivity (Wildman–Crippen MR) is 116 cm³/mol. The van der Waals surface area contributed by atoms with Crippen LogP contribution >= 0.6 is 23.2 Å². The third kappa shape index (κ3) is 3.63. The van der Waals surface area contributed by atoms with Gasteiger partial charge >= 0.3 is 5.97 Å². The molecule has 3 aromatic rings. The summed E-state index contributed by atoms with van der Waals surface area (Å²) in [6.07, 6.45) is 3.17. The number of halogens is 2. The lowest BCUT2D eigenvalue weighted by atomic mass is 9.98. The highest BCUT2D eigenvalue weighted by Gasteiger charge is 2.26. The van der Waals surface area contributed by atoms with Crippen LogP contribution in [0.5, 0.6) is 0 Å². The van der Waals surface area contributed by atoms with E-state index in [-0.39, 0.29) is 11.6 Å². The Bertz CT molecular complexity index is 1140. The van der Waals surface area contributed by atoms with Crippen LogP contribution in [0.1, 0.15) is 28.9 Å². The molecule has 29 heavy (non-hydrogen) atoms. The Morgan fingerprint density at radius 2 is 1.97 bits per heavy atom. The summed E-state index contributed by atoms with van der Waals surface area (Å²) in [5, 5.41) is 1.48. The van der Waals surface area contributed by atoms with Gasteiger partial charge in [0.2, 0.25) is 0 Å². The van der Waals surface area contributed by atoms with E-state index < -0.39 is 5.97 Å². The smallest absolute Gasteiger partial charge is 0.355 e. The second kappa shape index (κ2) is 7.93. The number of piperidine rings is 1. The summed E-state index contributed by atoms with van der Waals surface area (Å²) in [7, 11) is 1.31. The van der Waals surface area contributed by atoms with Crippen molar-refractivity contribution in [2.24, 2.45) is 0 Å². The zero-order chi connectivity index (χ0) is 20.5. The summed E-state index contributed by atoms with van der Waals surface area (Å²) >= 11 is 12.5. The number of rotatable bonds is 3. The van der Waals surface area contributed by atoms with Gasteiger partial charge in [0.15, 0.2) is 0 Å². The van der Waals surface area contributed by atoms with Crippen molar-refractivity contribution >= 4 is 57.7 Å². The van der Waals surface area contributed by atoms with E-state index in [1.807, 2.05) is 30.3 Å². The molecular formula is C22H18Cl2N2O3. The van der Waals surface area contributed by atoms with Crippen LogP contribution < -0.4 is 4.90 Å². The molecule has 7 heteroatoms. The molecule has 1 fully saturated rings. The number of para-hydroxylation sites is 1. The van der Waals surface area contributed by atoms with Crippen LogP contribution in [-0.4, -0.2) is 30.5 Å². The fraction of sp³-hybridized carbons (Fsp3) is 0.182. The molecule has 2 aromatic carbocycles. The highest BCUT2D eigenvalue weighted by atomic mass is 35.5. The van der Waals surface area contributed by atoms with Crippen LogP contribution in [0, 0.1) is 0 Å². The minimum Gasteiger partial charge on any atom is -0.464 e. The Labute approximate surface area is 177 Å². The van der Waals surface area contributed by atoms with Crippen LogP contribution in [0.25, 0.3) is 17.0 Å². The predicted octanol–water partition coefficient (Wildman–Crippen LogP) is 5.47. The number of carbonyl (C=O) groups excluding carboxylic acids is 2. The number of aromatic amines is 1. The Morgan fingerprint density at radius 1 is 1.21 bits per heavy atom. The van der Waals surface area contributed by atoms with Gasteiger partial charge in [-0.1, -0.05) is 41.4 Å². The van der Waals surface area contributed by atoms with E-state index in [0.717, 1.165) is 12.1 Å². The van der Waals surface area contributed by atoms with E-state index >= 15 is 0 Å². The van der Waals surface area contributed by atoms with Gasteiger partial charge in [0, 0.05) is 39.3 Å². The van der Waals surface area contributed by atoms with E-state index in [1.54, 1.807) is 23.1 Å². The monoisotopic (exact) mass is 428 g/mol. The summed E-state index contributed by atoms with van der Waals surface area (Å²) in [6.45, 7) is 0.647. The second-order valence-electron chi connectivity index (χ2n) is 6.78. The molecule has 0 saturated carbocycles. The average molecular weight is 429 g/mol. The number of methoxy groups -OCH3 is 1. The number of hydrogen-bond donors (Lipinski definition) is 1. The molecule has 0 unspecified atom stereocenters. The van der Waals surface area contributed by atoms with Crippen molar-refractivity contribution in [3.63, 3.8) is 0 Å². The van der Waals surface area contributed by atoms with Gasteiger partial charge in [-0.3, -0.25) is 4.79 Å². The van der Waals surface area contributed by atoms with Crippen LogP contribution in [0.15, 0.2) is 48.0 Å². The molecule has 5 nitrogen and oxygen atoms in total. The highest BCUT2D eigenvalue weighted by Crippen LogP contribution is 2.35. The molecule has 1 aromatic heterocycles. The van der Waals surface area contributed by atoms with Crippen molar-refractivity contribution < 1.29 is 14.3 Å². The molecular weight excluding hydrogens is 411 g/mol. The number of benzene rings is 2. The third-order valence-corrected chi connectivity index (χ3v) is 5.49. The molecule has 0 bridgehead atoms.